The van der Waals surface area contributed by atoms with Crippen LogP contribution in [0.25, 0.3) is 0 Å². The molecule has 3 nitrogen and oxygen atoms in total. The summed E-state index contributed by atoms with van der Waals surface area (Å²) in [6, 6.07) is 0. The number of allylic oxidation sites excluding steroid dienone is 3. The van der Waals surface area contributed by atoms with E-state index in [0.717, 1.165) is 17.9 Å². The summed E-state index contributed by atoms with van der Waals surface area (Å²) in [7, 11) is 0. The molecule has 0 aliphatic heterocycles. The Kier molecular flexibility index (Phi) is 8.34. The molecule has 0 aromatic carbocycles. The van der Waals surface area contributed by atoms with Crippen LogP contribution in [-0.4, -0.2) is 45.5 Å². The molecular weight excluding hydrogens is 462 g/mol. The Morgan fingerprint density at radius 3 is 2.06 bits per heavy atom. The van der Waals surface area contributed by atoms with Gasteiger partial charge in [0.1, 0.15) is 0 Å². The molecule has 2 saturated carbocycles. The predicted molar refractivity (Wildman–Crippen MR) is 116 cm³/mol. The number of halogens is 6. The first-order valence-electron chi connectivity index (χ1n) is 11.4. The zero-order valence-electron chi connectivity index (χ0n) is 19.9. The van der Waals surface area contributed by atoms with Gasteiger partial charge >= 0.3 is 18.0 Å². The third-order valence-electron chi connectivity index (χ3n) is 8.17. The Morgan fingerprint density at radius 1 is 1.03 bits per heavy atom. The standard InChI is InChI=1S/C25H34F6O3/c1-16(7-6-11-23(34,24(26,27)28)25(29,30)31)22(4)12-10-18(21(22,2)3)9-5-8-17-13-19(32)15-20(33)14-17/h5,8-9,16,18-20,32-34H,7,10,12-15H2,1-4H3/b9-5+,17-8?/t16-,18-,19-,20+,22-/m1/s1. The third kappa shape index (κ3) is 5.66. The van der Waals surface area contributed by atoms with Crippen LogP contribution in [0.2, 0.25) is 0 Å². The molecule has 0 aromatic heterocycles. The molecule has 0 spiro atoms. The number of hydrogen-bond donors (Lipinski definition) is 3. The van der Waals surface area contributed by atoms with Gasteiger partial charge in [0, 0.05) is 6.42 Å². The van der Waals surface area contributed by atoms with Crippen LogP contribution in [0.1, 0.15) is 66.2 Å². The van der Waals surface area contributed by atoms with Crippen molar-refractivity contribution in [1.29, 1.82) is 0 Å². The number of aliphatic hydroxyl groups excluding tert-OH is 2. The first-order valence-corrected chi connectivity index (χ1v) is 11.4. The van der Waals surface area contributed by atoms with Crippen LogP contribution in [0, 0.1) is 34.5 Å². The van der Waals surface area contributed by atoms with E-state index in [-0.39, 0.29) is 23.7 Å². The van der Waals surface area contributed by atoms with Gasteiger partial charge in [0.2, 0.25) is 0 Å². The van der Waals surface area contributed by atoms with Crippen LogP contribution in [0.5, 0.6) is 0 Å². The van der Waals surface area contributed by atoms with E-state index < -0.39 is 35.6 Å². The van der Waals surface area contributed by atoms with Gasteiger partial charge in [-0.25, -0.2) is 0 Å². The topological polar surface area (TPSA) is 60.7 Å². The van der Waals surface area contributed by atoms with E-state index in [1.165, 1.54) is 0 Å². The van der Waals surface area contributed by atoms with Gasteiger partial charge in [-0.15, -0.1) is 0 Å². The summed E-state index contributed by atoms with van der Waals surface area (Å²) in [4.78, 5) is 0. The predicted octanol–water partition coefficient (Wildman–Crippen LogP) is 5.70. The zero-order chi connectivity index (χ0) is 26.2. The zero-order valence-corrected chi connectivity index (χ0v) is 19.9. The Labute approximate surface area is 196 Å². The SMILES string of the molecule is C[C@H](CC#CC(O)(C(F)(F)F)C(F)(F)F)[C@@]1(C)CC[C@@H](/C=C/C=C2C[C@@H](O)C[C@@H](O)C2)C1(C)C. The molecule has 0 unspecified atom stereocenters. The van der Waals surface area contributed by atoms with Gasteiger partial charge in [-0.05, 0) is 60.7 Å². The second-order valence-electron chi connectivity index (χ2n) is 10.6. The maximum absolute atomic E-state index is 12.9. The van der Waals surface area contributed by atoms with Gasteiger partial charge in [0.15, 0.2) is 0 Å². The van der Waals surface area contributed by atoms with Crippen molar-refractivity contribution in [2.75, 3.05) is 0 Å². The van der Waals surface area contributed by atoms with Crippen molar-refractivity contribution in [3.8, 4) is 11.8 Å². The van der Waals surface area contributed by atoms with Gasteiger partial charge in [-0.2, -0.15) is 26.3 Å². The maximum atomic E-state index is 12.9. The van der Waals surface area contributed by atoms with Gasteiger partial charge < -0.3 is 15.3 Å². The maximum Gasteiger partial charge on any atom is 0.438 e. The number of rotatable bonds is 4. The Bertz CT molecular complexity index is 819. The molecule has 0 heterocycles. The molecule has 9 heteroatoms. The minimum absolute atomic E-state index is 0.116. The van der Waals surface area contributed by atoms with Crippen molar-refractivity contribution in [1.82, 2.24) is 0 Å². The highest BCUT2D eigenvalue weighted by Gasteiger charge is 2.70. The van der Waals surface area contributed by atoms with Crippen LogP contribution in [-0.2, 0) is 0 Å². The van der Waals surface area contributed by atoms with Crippen molar-refractivity contribution in [3.05, 3.63) is 23.8 Å². The summed E-state index contributed by atoms with van der Waals surface area (Å²) in [6.07, 6.45) is -4.55. The molecule has 0 aromatic rings. The fraction of sp³-hybridized carbons (Fsp3) is 0.760. The molecule has 2 aliphatic carbocycles. The molecule has 34 heavy (non-hydrogen) atoms. The Balaban J connectivity index is 2.14. The van der Waals surface area contributed by atoms with Gasteiger partial charge in [-0.3, -0.25) is 0 Å². The van der Waals surface area contributed by atoms with E-state index in [0.29, 0.717) is 25.7 Å². The molecule has 2 fully saturated rings. The van der Waals surface area contributed by atoms with E-state index in [1.54, 1.807) is 6.92 Å². The monoisotopic (exact) mass is 496 g/mol. The van der Waals surface area contributed by atoms with E-state index >= 15 is 0 Å². The fourth-order valence-electron chi connectivity index (χ4n) is 5.27. The molecule has 194 valence electrons. The van der Waals surface area contributed by atoms with Crippen LogP contribution >= 0.6 is 0 Å². The number of hydrogen-bond acceptors (Lipinski definition) is 3. The molecule has 2 aliphatic rings. The fourth-order valence-corrected chi connectivity index (χ4v) is 5.27. The normalized spacial score (nSPS) is 32.6. The lowest BCUT2D eigenvalue weighted by Crippen LogP contribution is -2.55. The van der Waals surface area contributed by atoms with Gasteiger partial charge in [0.05, 0.1) is 12.2 Å². The molecule has 0 saturated heterocycles. The molecule has 3 N–H and O–H groups in total. The Morgan fingerprint density at radius 2 is 1.56 bits per heavy atom. The van der Waals surface area contributed by atoms with E-state index in [9.17, 15) is 41.7 Å². The van der Waals surface area contributed by atoms with E-state index in [2.05, 4.69) is 0 Å². The Hall–Kier alpha value is -1.50. The molecule has 2 rings (SSSR count). The summed E-state index contributed by atoms with van der Waals surface area (Å²) in [5.74, 6) is 2.83. The summed E-state index contributed by atoms with van der Waals surface area (Å²) < 4.78 is 77.2. The van der Waals surface area contributed by atoms with Crippen molar-refractivity contribution in [3.63, 3.8) is 0 Å². The summed E-state index contributed by atoms with van der Waals surface area (Å²) in [5.41, 5.74) is -4.83. The van der Waals surface area contributed by atoms with Crippen LogP contribution < -0.4 is 0 Å². The van der Waals surface area contributed by atoms with Crippen LogP contribution in [0.3, 0.4) is 0 Å². The lowest BCUT2D eigenvalue weighted by atomic mass is 9.59. The van der Waals surface area contributed by atoms with Crippen molar-refractivity contribution in [2.24, 2.45) is 22.7 Å². The third-order valence-corrected chi connectivity index (χ3v) is 8.17. The second kappa shape index (κ2) is 9.87. The highest BCUT2D eigenvalue weighted by atomic mass is 19.4. The highest BCUT2D eigenvalue weighted by Crippen LogP contribution is 2.60. The minimum atomic E-state index is -5.95. The van der Waals surface area contributed by atoms with Crippen molar-refractivity contribution in [2.45, 2.75) is 96.4 Å². The van der Waals surface area contributed by atoms with E-state index in [4.69, 9.17) is 0 Å². The first-order chi connectivity index (χ1) is 15.3. The van der Waals surface area contributed by atoms with Crippen molar-refractivity contribution >= 4 is 0 Å². The second-order valence-corrected chi connectivity index (χ2v) is 10.6. The largest absolute Gasteiger partial charge is 0.438 e. The van der Waals surface area contributed by atoms with Crippen LogP contribution in [0.15, 0.2) is 23.8 Å². The van der Waals surface area contributed by atoms with Gasteiger partial charge in [-0.1, -0.05) is 57.4 Å². The summed E-state index contributed by atoms with van der Waals surface area (Å²) >= 11 is 0. The smallest absolute Gasteiger partial charge is 0.393 e. The summed E-state index contributed by atoms with van der Waals surface area (Å²) in [5, 5.41) is 28.9. The van der Waals surface area contributed by atoms with Crippen molar-refractivity contribution < 1.29 is 41.7 Å². The quantitative estimate of drug-likeness (QED) is 0.346. The van der Waals surface area contributed by atoms with Crippen LogP contribution in [0.4, 0.5) is 26.3 Å². The molecule has 0 bridgehead atoms. The first kappa shape index (κ1) is 28.7. The highest BCUT2D eigenvalue weighted by molar-refractivity contribution is 5.22. The molecule has 0 radical (unpaired) electrons. The number of alkyl halides is 6. The van der Waals surface area contributed by atoms with E-state index in [1.807, 2.05) is 44.9 Å². The van der Waals surface area contributed by atoms with Gasteiger partial charge in [0.25, 0.3) is 0 Å². The summed E-state index contributed by atoms with van der Waals surface area (Å²) in [6.45, 7) is 7.79. The lowest BCUT2D eigenvalue weighted by molar-refractivity contribution is -0.343. The minimum Gasteiger partial charge on any atom is -0.393 e. The number of aliphatic hydroxyl groups is 3. The average molecular weight is 497 g/mol. The molecule has 0 amide bonds. The lowest BCUT2D eigenvalue weighted by Gasteiger charge is -2.45. The average Bonchev–Trinajstić information content (AvgIpc) is 2.89. The molecular formula is C25H34F6O3. The molecule has 5 atom stereocenters.